The van der Waals surface area contributed by atoms with Crippen molar-refractivity contribution in [2.24, 2.45) is 5.10 Å². The van der Waals surface area contributed by atoms with Crippen molar-refractivity contribution in [3.63, 3.8) is 0 Å². The zero-order chi connectivity index (χ0) is 9.10. The second-order valence-electron chi connectivity index (χ2n) is 2.55. The van der Waals surface area contributed by atoms with Crippen LogP contribution in [0.15, 0.2) is 29.4 Å². The second kappa shape index (κ2) is 3.32. The van der Waals surface area contributed by atoms with E-state index in [1.54, 1.807) is 7.11 Å². The van der Waals surface area contributed by atoms with Crippen LogP contribution in [0.4, 0.5) is 0 Å². The highest BCUT2D eigenvalue weighted by atomic mass is 16.5. The predicted octanol–water partition coefficient (Wildman–Crippen LogP) is -0.0308. The van der Waals surface area contributed by atoms with E-state index >= 15 is 0 Å². The Kier molecular flexibility index (Phi) is 2.01. The molecule has 0 atom stereocenters. The third-order valence-corrected chi connectivity index (χ3v) is 1.77. The first-order valence-electron chi connectivity index (χ1n) is 3.88. The van der Waals surface area contributed by atoms with Crippen LogP contribution in [-0.4, -0.2) is 12.9 Å². The van der Waals surface area contributed by atoms with E-state index in [1.165, 1.54) is 0 Å². The highest BCUT2D eigenvalue weighted by Crippen LogP contribution is 2.11. The summed E-state index contributed by atoms with van der Waals surface area (Å²) in [7, 11) is 1.64. The van der Waals surface area contributed by atoms with Crippen molar-refractivity contribution in [3.8, 4) is 5.75 Å². The van der Waals surface area contributed by atoms with Crippen molar-refractivity contribution in [1.29, 1.82) is 0 Å². The molecule has 1 aliphatic heterocycles. The molecule has 1 aromatic rings. The molecule has 0 unspecified atom stereocenters. The average molecular weight is 178 g/mol. The number of hydrogen-bond donors (Lipinski definition) is 3. The fourth-order valence-corrected chi connectivity index (χ4v) is 1.08. The van der Waals surface area contributed by atoms with Gasteiger partial charge in [-0.2, -0.15) is 0 Å². The highest BCUT2D eigenvalue weighted by Gasteiger charge is 2.06. The molecule has 0 saturated heterocycles. The van der Waals surface area contributed by atoms with Crippen molar-refractivity contribution in [1.82, 2.24) is 16.5 Å². The molecule has 1 aliphatic rings. The van der Waals surface area contributed by atoms with Crippen molar-refractivity contribution >= 4 is 5.84 Å². The van der Waals surface area contributed by atoms with Crippen LogP contribution in [-0.2, 0) is 0 Å². The minimum Gasteiger partial charge on any atom is -0.497 e. The Morgan fingerprint density at radius 2 is 2.00 bits per heavy atom. The molecule has 13 heavy (non-hydrogen) atoms. The Morgan fingerprint density at radius 3 is 2.54 bits per heavy atom. The van der Waals surface area contributed by atoms with Gasteiger partial charge in [0.15, 0.2) is 5.84 Å². The van der Waals surface area contributed by atoms with Gasteiger partial charge in [0.05, 0.1) is 7.11 Å². The van der Waals surface area contributed by atoms with Gasteiger partial charge in [-0.1, -0.05) is 0 Å². The molecule has 0 spiro atoms. The lowest BCUT2D eigenvalue weighted by molar-refractivity contribution is 0.415. The molecular formula is C8H10N4O. The summed E-state index contributed by atoms with van der Waals surface area (Å²) >= 11 is 0. The summed E-state index contributed by atoms with van der Waals surface area (Å²) in [5, 5.41) is 3.97. The minimum atomic E-state index is 0.766. The number of hydrazine groups is 2. The number of methoxy groups -OCH3 is 1. The van der Waals surface area contributed by atoms with Gasteiger partial charge in [-0.3, -0.25) is 5.43 Å². The number of rotatable bonds is 2. The van der Waals surface area contributed by atoms with Crippen LogP contribution in [0, 0.1) is 0 Å². The molecule has 0 amide bonds. The molecule has 0 saturated carbocycles. The number of hydrazone groups is 1. The van der Waals surface area contributed by atoms with E-state index in [2.05, 4.69) is 21.6 Å². The third-order valence-electron chi connectivity index (χ3n) is 1.77. The van der Waals surface area contributed by atoms with Gasteiger partial charge >= 0.3 is 0 Å². The fraction of sp³-hybridized carbons (Fsp3) is 0.125. The van der Waals surface area contributed by atoms with Gasteiger partial charge in [0.2, 0.25) is 0 Å². The van der Waals surface area contributed by atoms with Crippen LogP contribution in [0.5, 0.6) is 5.75 Å². The normalized spacial score (nSPS) is 14.4. The number of amidine groups is 1. The Hall–Kier alpha value is -1.75. The van der Waals surface area contributed by atoms with Crippen LogP contribution in [0.3, 0.4) is 0 Å². The first-order chi connectivity index (χ1) is 6.40. The van der Waals surface area contributed by atoms with E-state index in [0.29, 0.717) is 0 Å². The number of hydrogen-bond acceptors (Lipinski definition) is 5. The van der Waals surface area contributed by atoms with Crippen LogP contribution in [0.2, 0.25) is 0 Å². The summed E-state index contributed by atoms with van der Waals surface area (Å²) in [5.74, 6) is 1.60. The van der Waals surface area contributed by atoms with Crippen molar-refractivity contribution in [2.75, 3.05) is 7.11 Å². The van der Waals surface area contributed by atoms with Gasteiger partial charge < -0.3 is 4.74 Å². The highest BCUT2D eigenvalue weighted by molar-refractivity contribution is 5.98. The molecule has 1 aromatic carbocycles. The molecule has 1 heterocycles. The molecule has 0 bridgehead atoms. The van der Waals surface area contributed by atoms with E-state index in [0.717, 1.165) is 17.1 Å². The van der Waals surface area contributed by atoms with Crippen molar-refractivity contribution in [3.05, 3.63) is 29.8 Å². The maximum absolute atomic E-state index is 5.04. The Balaban J connectivity index is 2.22. The van der Waals surface area contributed by atoms with Gasteiger partial charge in [0.1, 0.15) is 5.75 Å². The first kappa shape index (κ1) is 7.88. The number of nitrogens with zero attached hydrogens (tertiary/aromatic N) is 1. The predicted molar refractivity (Wildman–Crippen MR) is 48.9 cm³/mol. The van der Waals surface area contributed by atoms with Crippen LogP contribution in [0.25, 0.3) is 0 Å². The quantitative estimate of drug-likeness (QED) is 0.595. The molecule has 5 heteroatoms. The maximum atomic E-state index is 5.04. The van der Waals surface area contributed by atoms with Gasteiger partial charge in [-0.25, -0.2) is 5.53 Å². The van der Waals surface area contributed by atoms with Gasteiger partial charge in [0, 0.05) is 5.56 Å². The van der Waals surface area contributed by atoms with Crippen LogP contribution < -0.4 is 21.2 Å². The second-order valence-corrected chi connectivity index (χ2v) is 2.55. The van der Waals surface area contributed by atoms with E-state index in [-0.39, 0.29) is 0 Å². The molecule has 3 N–H and O–H groups in total. The SMILES string of the molecule is COc1ccc(C2=NNNN2)cc1. The molecule has 0 aromatic heterocycles. The third kappa shape index (κ3) is 1.54. The molecule has 0 aliphatic carbocycles. The summed E-state index contributed by atoms with van der Waals surface area (Å²) in [6.07, 6.45) is 0. The smallest absolute Gasteiger partial charge is 0.170 e. The first-order valence-corrected chi connectivity index (χ1v) is 3.88. The summed E-state index contributed by atoms with van der Waals surface area (Å²) in [5.41, 5.74) is 9.12. The molecular weight excluding hydrogens is 168 g/mol. The average Bonchev–Trinajstić information content (AvgIpc) is 2.71. The van der Waals surface area contributed by atoms with E-state index in [4.69, 9.17) is 4.74 Å². The lowest BCUT2D eigenvalue weighted by atomic mass is 10.2. The molecule has 68 valence electrons. The van der Waals surface area contributed by atoms with E-state index < -0.39 is 0 Å². The zero-order valence-corrected chi connectivity index (χ0v) is 7.16. The Labute approximate surface area is 75.7 Å². The topological polar surface area (TPSA) is 57.7 Å². The Bertz CT molecular complexity index is 319. The Morgan fingerprint density at radius 1 is 1.23 bits per heavy atom. The van der Waals surface area contributed by atoms with Gasteiger partial charge in [0.25, 0.3) is 0 Å². The van der Waals surface area contributed by atoms with Gasteiger partial charge in [-0.05, 0) is 24.3 Å². The zero-order valence-electron chi connectivity index (χ0n) is 7.16. The van der Waals surface area contributed by atoms with Crippen molar-refractivity contribution < 1.29 is 4.74 Å². The fourth-order valence-electron chi connectivity index (χ4n) is 1.08. The summed E-state index contributed by atoms with van der Waals surface area (Å²) in [6, 6.07) is 7.63. The number of ether oxygens (including phenoxy) is 1. The van der Waals surface area contributed by atoms with Crippen LogP contribution >= 0.6 is 0 Å². The molecule has 2 rings (SSSR count). The summed E-state index contributed by atoms with van der Waals surface area (Å²) in [6.45, 7) is 0. The lowest BCUT2D eigenvalue weighted by Gasteiger charge is -2.02. The van der Waals surface area contributed by atoms with Gasteiger partial charge in [-0.15, -0.1) is 10.6 Å². The standard InChI is InChI=1S/C8H10N4O/c1-13-7-4-2-6(3-5-7)8-9-11-12-10-8/h2-5,11-12H,1H3,(H,9,10). The van der Waals surface area contributed by atoms with E-state index in [1.807, 2.05) is 24.3 Å². The molecule has 0 radical (unpaired) electrons. The van der Waals surface area contributed by atoms with Crippen LogP contribution in [0.1, 0.15) is 5.56 Å². The summed E-state index contributed by atoms with van der Waals surface area (Å²) < 4.78 is 5.04. The molecule has 5 nitrogen and oxygen atoms in total. The number of nitrogens with one attached hydrogen (secondary N) is 3. The minimum absolute atomic E-state index is 0.766. The van der Waals surface area contributed by atoms with E-state index in [9.17, 15) is 0 Å². The maximum Gasteiger partial charge on any atom is 0.170 e. The molecule has 0 fully saturated rings. The lowest BCUT2D eigenvalue weighted by Crippen LogP contribution is -2.35. The van der Waals surface area contributed by atoms with Crippen molar-refractivity contribution in [2.45, 2.75) is 0 Å². The summed E-state index contributed by atoms with van der Waals surface area (Å²) in [4.78, 5) is 0. The largest absolute Gasteiger partial charge is 0.497 e. The number of benzene rings is 1. The monoisotopic (exact) mass is 178 g/mol.